The molecule has 1 aromatic heterocycles. The molecule has 27 heavy (non-hydrogen) atoms. The van der Waals surface area contributed by atoms with Gasteiger partial charge in [-0.3, -0.25) is 14.9 Å². The van der Waals surface area contributed by atoms with Crippen molar-refractivity contribution >= 4 is 17.3 Å². The Balaban J connectivity index is 1.95. The Bertz CT molecular complexity index is 1080. The number of carbonyl (C=O) groups is 1. The van der Waals surface area contributed by atoms with Crippen molar-refractivity contribution in [2.45, 2.75) is 13.8 Å². The summed E-state index contributed by atoms with van der Waals surface area (Å²) in [5.74, 6) is -0.433. The second-order valence-corrected chi connectivity index (χ2v) is 5.85. The van der Waals surface area contributed by atoms with E-state index in [4.69, 9.17) is 0 Å². The number of non-ortho nitro benzene ring substituents is 1. The molecule has 0 fully saturated rings. The number of para-hydroxylation sites is 1. The number of hydrogen-bond acceptors (Lipinski definition) is 5. The quantitative estimate of drug-likeness (QED) is 0.564. The number of aromatic nitrogens is 2. The van der Waals surface area contributed by atoms with E-state index in [1.165, 1.54) is 12.1 Å². The Labute approximate surface area is 154 Å². The monoisotopic (exact) mass is 361 g/mol. The van der Waals surface area contributed by atoms with Crippen molar-refractivity contribution in [1.82, 2.24) is 9.78 Å². The molecule has 1 heterocycles. The number of carbonyl (C=O) groups excluding carboxylic acids is 1. The van der Waals surface area contributed by atoms with E-state index in [9.17, 15) is 20.2 Å². The van der Waals surface area contributed by atoms with Gasteiger partial charge in [-0.25, -0.2) is 4.68 Å². The highest BCUT2D eigenvalue weighted by atomic mass is 16.6. The summed E-state index contributed by atoms with van der Waals surface area (Å²) < 4.78 is 1.67. The Hall–Kier alpha value is -3.99. The predicted molar refractivity (Wildman–Crippen MR) is 98.8 cm³/mol. The maximum Gasteiger partial charge on any atom is 0.270 e. The summed E-state index contributed by atoms with van der Waals surface area (Å²) in [5.41, 5.74) is 2.41. The van der Waals surface area contributed by atoms with Crippen LogP contribution in [0.25, 0.3) is 5.69 Å². The van der Waals surface area contributed by atoms with Crippen LogP contribution in [0.2, 0.25) is 0 Å². The topological polar surface area (TPSA) is 114 Å². The summed E-state index contributed by atoms with van der Waals surface area (Å²) in [6.45, 7) is 3.51. The summed E-state index contributed by atoms with van der Waals surface area (Å²) >= 11 is 0. The van der Waals surface area contributed by atoms with Crippen LogP contribution in [0, 0.1) is 35.3 Å². The highest BCUT2D eigenvalue weighted by Gasteiger charge is 2.21. The lowest BCUT2D eigenvalue weighted by Gasteiger charge is -2.08. The van der Waals surface area contributed by atoms with Gasteiger partial charge < -0.3 is 5.32 Å². The van der Waals surface area contributed by atoms with Gasteiger partial charge in [0.25, 0.3) is 11.6 Å². The van der Waals surface area contributed by atoms with Gasteiger partial charge in [-0.1, -0.05) is 18.2 Å². The van der Waals surface area contributed by atoms with Crippen molar-refractivity contribution in [3.63, 3.8) is 0 Å². The minimum Gasteiger partial charge on any atom is -0.321 e. The second kappa shape index (κ2) is 7.09. The van der Waals surface area contributed by atoms with E-state index in [1.54, 1.807) is 18.5 Å². The van der Waals surface area contributed by atoms with Crippen molar-refractivity contribution in [3.8, 4) is 11.8 Å². The van der Waals surface area contributed by atoms with Crippen LogP contribution in [0.3, 0.4) is 0 Å². The first-order valence-electron chi connectivity index (χ1n) is 8.04. The zero-order valence-corrected chi connectivity index (χ0v) is 14.6. The summed E-state index contributed by atoms with van der Waals surface area (Å²) in [6.07, 6.45) is 0. The zero-order valence-electron chi connectivity index (χ0n) is 14.6. The molecule has 0 aliphatic rings. The maximum absolute atomic E-state index is 12.8. The molecule has 134 valence electrons. The van der Waals surface area contributed by atoms with Crippen LogP contribution < -0.4 is 5.32 Å². The lowest BCUT2D eigenvalue weighted by atomic mass is 10.1. The number of nitrogens with zero attached hydrogens (tertiary/aromatic N) is 4. The molecule has 0 atom stereocenters. The van der Waals surface area contributed by atoms with Crippen molar-refractivity contribution in [1.29, 1.82) is 5.26 Å². The molecule has 8 heteroatoms. The van der Waals surface area contributed by atoms with Gasteiger partial charge >= 0.3 is 0 Å². The van der Waals surface area contributed by atoms with Crippen LogP contribution in [-0.4, -0.2) is 20.6 Å². The molecule has 0 radical (unpaired) electrons. The number of rotatable bonds is 4. The van der Waals surface area contributed by atoms with E-state index in [0.29, 0.717) is 17.0 Å². The fraction of sp³-hybridized carbons (Fsp3) is 0.105. The first kappa shape index (κ1) is 17.8. The molecular weight excluding hydrogens is 346 g/mol. The van der Waals surface area contributed by atoms with Crippen LogP contribution in [0.4, 0.5) is 11.4 Å². The molecule has 2 aromatic carbocycles. The third kappa shape index (κ3) is 3.39. The number of nitro benzene ring substituents is 1. The SMILES string of the molecule is Cc1nn(-c2ccccc2)c(C)c1C(=O)Nc1ccc([N+](=O)[O-])cc1C#N. The van der Waals surface area contributed by atoms with Crippen molar-refractivity contribution in [3.05, 3.63) is 81.2 Å². The van der Waals surface area contributed by atoms with Crippen molar-refractivity contribution in [2.24, 2.45) is 0 Å². The van der Waals surface area contributed by atoms with Gasteiger partial charge in [-0.05, 0) is 32.0 Å². The van der Waals surface area contributed by atoms with Crippen LogP contribution >= 0.6 is 0 Å². The van der Waals surface area contributed by atoms with E-state index >= 15 is 0 Å². The lowest BCUT2D eigenvalue weighted by molar-refractivity contribution is -0.384. The molecule has 1 N–H and O–H groups in total. The fourth-order valence-electron chi connectivity index (χ4n) is 2.82. The minimum absolute atomic E-state index is 0.0170. The van der Waals surface area contributed by atoms with Gasteiger partial charge in [0.2, 0.25) is 0 Å². The average Bonchev–Trinajstić information content (AvgIpc) is 2.96. The first-order chi connectivity index (χ1) is 12.9. The van der Waals surface area contributed by atoms with Gasteiger partial charge in [0.05, 0.1) is 38.8 Å². The van der Waals surface area contributed by atoms with Crippen LogP contribution in [0.15, 0.2) is 48.5 Å². The Morgan fingerprint density at radius 3 is 2.56 bits per heavy atom. The number of benzene rings is 2. The zero-order chi connectivity index (χ0) is 19.6. The summed E-state index contributed by atoms with van der Waals surface area (Å²) in [6, 6.07) is 15.0. The largest absolute Gasteiger partial charge is 0.321 e. The van der Waals surface area contributed by atoms with Gasteiger partial charge in [0.1, 0.15) is 6.07 Å². The lowest BCUT2D eigenvalue weighted by Crippen LogP contribution is -2.15. The Morgan fingerprint density at radius 2 is 1.93 bits per heavy atom. The Kier molecular flexibility index (Phi) is 4.68. The molecule has 0 unspecified atom stereocenters. The molecule has 1 amide bonds. The smallest absolute Gasteiger partial charge is 0.270 e. The van der Waals surface area contributed by atoms with Gasteiger partial charge in [-0.2, -0.15) is 10.4 Å². The minimum atomic E-state index is -0.593. The first-order valence-corrected chi connectivity index (χ1v) is 8.04. The number of amides is 1. The van der Waals surface area contributed by atoms with Gasteiger partial charge in [-0.15, -0.1) is 0 Å². The fourth-order valence-corrected chi connectivity index (χ4v) is 2.82. The molecule has 8 nitrogen and oxygen atoms in total. The number of anilines is 1. The highest BCUT2D eigenvalue weighted by Crippen LogP contribution is 2.24. The van der Waals surface area contributed by atoms with E-state index in [2.05, 4.69) is 10.4 Å². The third-order valence-corrected chi connectivity index (χ3v) is 4.10. The number of hydrogen-bond donors (Lipinski definition) is 1. The number of nitrogens with one attached hydrogen (secondary N) is 1. The standard InChI is InChI=1S/C19H15N5O3/c1-12-18(13(2)23(22-12)15-6-4-3-5-7-15)19(25)21-17-9-8-16(24(26)27)10-14(17)11-20/h3-10H,1-2H3,(H,21,25). The normalized spacial score (nSPS) is 10.3. The summed E-state index contributed by atoms with van der Waals surface area (Å²) in [4.78, 5) is 23.0. The van der Waals surface area contributed by atoms with E-state index in [-0.39, 0.29) is 16.9 Å². The molecule has 0 spiro atoms. The number of nitriles is 1. The maximum atomic E-state index is 12.8. The number of aryl methyl sites for hydroxylation is 1. The van der Waals surface area contributed by atoms with Crippen molar-refractivity contribution in [2.75, 3.05) is 5.32 Å². The molecule has 0 saturated carbocycles. The van der Waals surface area contributed by atoms with Crippen LogP contribution in [0.5, 0.6) is 0 Å². The van der Waals surface area contributed by atoms with Crippen molar-refractivity contribution < 1.29 is 9.72 Å². The average molecular weight is 361 g/mol. The van der Waals surface area contributed by atoms with E-state index in [1.807, 2.05) is 36.4 Å². The molecule has 0 saturated heterocycles. The van der Waals surface area contributed by atoms with Gasteiger partial charge in [0, 0.05) is 12.1 Å². The molecule has 0 aliphatic heterocycles. The van der Waals surface area contributed by atoms with Crippen LogP contribution in [-0.2, 0) is 0 Å². The van der Waals surface area contributed by atoms with E-state index < -0.39 is 10.8 Å². The highest BCUT2D eigenvalue weighted by molar-refractivity contribution is 6.06. The number of nitro groups is 1. The molecular formula is C19H15N5O3. The Morgan fingerprint density at radius 1 is 1.22 bits per heavy atom. The third-order valence-electron chi connectivity index (χ3n) is 4.10. The predicted octanol–water partition coefficient (Wildman–Crippen LogP) is 3.52. The molecule has 3 rings (SSSR count). The van der Waals surface area contributed by atoms with E-state index in [0.717, 1.165) is 11.8 Å². The molecule has 0 aliphatic carbocycles. The summed E-state index contributed by atoms with van der Waals surface area (Å²) in [5, 5.41) is 27.2. The summed E-state index contributed by atoms with van der Waals surface area (Å²) in [7, 11) is 0. The van der Waals surface area contributed by atoms with Gasteiger partial charge in [0.15, 0.2) is 0 Å². The molecule has 3 aromatic rings. The van der Waals surface area contributed by atoms with Crippen LogP contribution in [0.1, 0.15) is 27.3 Å². The molecule has 0 bridgehead atoms. The second-order valence-electron chi connectivity index (χ2n) is 5.85.